The molecule has 1 aliphatic rings. The van der Waals surface area contributed by atoms with E-state index in [1.807, 2.05) is 4.72 Å². The van der Waals surface area contributed by atoms with Crippen LogP contribution in [0.5, 0.6) is 0 Å². The molecule has 1 unspecified atom stereocenters. The van der Waals surface area contributed by atoms with Gasteiger partial charge in [0, 0.05) is 19.1 Å². The third-order valence-corrected chi connectivity index (χ3v) is 3.97. The molecule has 1 saturated heterocycles. The number of piperidine rings is 1. The average molecular weight is 251 g/mol. The van der Waals surface area contributed by atoms with E-state index in [-0.39, 0.29) is 6.04 Å². The summed E-state index contributed by atoms with van der Waals surface area (Å²) in [6, 6.07) is 0.128. The second-order valence-electron chi connectivity index (χ2n) is 3.58. The van der Waals surface area contributed by atoms with Crippen molar-refractivity contribution in [1.82, 2.24) is 14.3 Å². The van der Waals surface area contributed by atoms with Crippen LogP contribution in [-0.2, 0) is 14.9 Å². The van der Waals surface area contributed by atoms with Gasteiger partial charge in [-0.15, -0.1) is 0 Å². The third kappa shape index (κ3) is 3.32. The van der Waals surface area contributed by atoms with E-state index >= 15 is 0 Å². The molecule has 0 aromatic carbocycles. The summed E-state index contributed by atoms with van der Waals surface area (Å²) in [5.74, 6) is 0. The smallest absolute Gasteiger partial charge is 0.421 e. The molecule has 1 aliphatic heterocycles. The van der Waals surface area contributed by atoms with E-state index in [0.29, 0.717) is 13.1 Å². The molecular formula is C8H17N3O4S. The van der Waals surface area contributed by atoms with Crippen LogP contribution in [0.3, 0.4) is 0 Å². The summed E-state index contributed by atoms with van der Waals surface area (Å²) in [6.45, 7) is 0.785. The minimum atomic E-state index is -3.77. The molecule has 8 heteroatoms. The Morgan fingerprint density at radius 2 is 2.19 bits per heavy atom. The van der Waals surface area contributed by atoms with Crippen LogP contribution in [0.4, 0.5) is 4.79 Å². The highest BCUT2D eigenvalue weighted by molar-refractivity contribution is 7.87. The molecule has 1 rings (SSSR count). The monoisotopic (exact) mass is 251 g/mol. The number of rotatable bonds is 3. The molecule has 94 valence electrons. The Balaban J connectivity index is 2.64. The van der Waals surface area contributed by atoms with Crippen molar-refractivity contribution < 1.29 is 17.9 Å². The van der Waals surface area contributed by atoms with E-state index in [9.17, 15) is 13.2 Å². The number of nitrogens with zero attached hydrogens (tertiary/aromatic N) is 1. The lowest BCUT2D eigenvalue weighted by atomic mass is 10.1. The number of carbonyl (C=O) groups excluding carboxylic acids is 1. The van der Waals surface area contributed by atoms with Gasteiger partial charge in [-0.2, -0.15) is 12.7 Å². The Morgan fingerprint density at radius 3 is 2.75 bits per heavy atom. The maximum absolute atomic E-state index is 11.7. The van der Waals surface area contributed by atoms with Gasteiger partial charge in [-0.3, -0.25) is 0 Å². The van der Waals surface area contributed by atoms with E-state index in [4.69, 9.17) is 0 Å². The Labute approximate surface area is 95.3 Å². The predicted octanol–water partition coefficient (Wildman–Crippen LogP) is -0.729. The molecular weight excluding hydrogens is 234 g/mol. The second kappa shape index (κ2) is 5.46. The van der Waals surface area contributed by atoms with Crippen molar-refractivity contribution in [2.75, 3.05) is 27.2 Å². The van der Waals surface area contributed by atoms with E-state index in [2.05, 4.69) is 10.1 Å². The van der Waals surface area contributed by atoms with Gasteiger partial charge in [-0.05, 0) is 19.9 Å². The van der Waals surface area contributed by atoms with Crippen molar-refractivity contribution in [3.05, 3.63) is 0 Å². The fourth-order valence-electron chi connectivity index (χ4n) is 1.61. The fourth-order valence-corrected chi connectivity index (χ4v) is 2.78. The molecule has 7 nitrogen and oxygen atoms in total. The number of ether oxygens (including phenoxy) is 1. The first-order chi connectivity index (χ1) is 7.49. The Hall–Kier alpha value is -0.860. The molecule has 0 spiro atoms. The first kappa shape index (κ1) is 13.2. The van der Waals surface area contributed by atoms with Gasteiger partial charge in [0.25, 0.3) is 0 Å². The van der Waals surface area contributed by atoms with E-state index in [1.54, 1.807) is 7.05 Å². The number of amides is 1. The Morgan fingerprint density at radius 1 is 1.50 bits per heavy atom. The van der Waals surface area contributed by atoms with Gasteiger partial charge in [0.1, 0.15) is 0 Å². The van der Waals surface area contributed by atoms with Crippen LogP contribution in [0, 0.1) is 0 Å². The zero-order valence-electron chi connectivity index (χ0n) is 9.39. The minimum Gasteiger partial charge on any atom is -0.452 e. The molecule has 1 fully saturated rings. The molecule has 0 radical (unpaired) electrons. The van der Waals surface area contributed by atoms with Crippen LogP contribution in [-0.4, -0.2) is 52.1 Å². The molecule has 0 bridgehead atoms. The number of nitrogens with one attached hydrogen (secondary N) is 2. The van der Waals surface area contributed by atoms with Crippen LogP contribution in [0.25, 0.3) is 0 Å². The number of hydrogen-bond acceptors (Lipinski definition) is 5. The average Bonchev–Trinajstić information content (AvgIpc) is 2.28. The first-order valence-electron chi connectivity index (χ1n) is 5.02. The largest absolute Gasteiger partial charge is 0.452 e. The van der Waals surface area contributed by atoms with Crippen molar-refractivity contribution in [1.29, 1.82) is 0 Å². The fraction of sp³-hybridized carbons (Fsp3) is 0.875. The van der Waals surface area contributed by atoms with Crippen LogP contribution in [0.1, 0.15) is 12.8 Å². The number of likely N-dealkylation sites (N-methyl/N-ethyl adjacent to an activating group) is 1. The number of carbonyl (C=O) groups is 1. The highest BCUT2D eigenvalue weighted by Crippen LogP contribution is 2.12. The molecule has 1 atom stereocenters. The first-order valence-corrected chi connectivity index (χ1v) is 6.46. The van der Waals surface area contributed by atoms with Gasteiger partial charge < -0.3 is 10.1 Å². The van der Waals surface area contributed by atoms with Crippen molar-refractivity contribution >= 4 is 16.3 Å². The van der Waals surface area contributed by atoms with Gasteiger partial charge in [-0.1, -0.05) is 0 Å². The van der Waals surface area contributed by atoms with E-state index in [0.717, 1.165) is 20.0 Å². The summed E-state index contributed by atoms with van der Waals surface area (Å²) in [6.07, 6.45) is 0.737. The normalized spacial score (nSPS) is 22.8. The molecule has 16 heavy (non-hydrogen) atoms. The maximum Gasteiger partial charge on any atom is 0.421 e. The summed E-state index contributed by atoms with van der Waals surface area (Å²) in [5.41, 5.74) is 0. The number of methoxy groups -OCH3 is 1. The summed E-state index contributed by atoms with van der Waals surface area (Å²) in [5, 5.41) is 3.02. The van der Waals surface area contributed by atoms with Crippen LogP contribution >= 0.6 is 0 Å². The molecule has 0 aliphatic carbocycles. The molecule has 0 aromatic heterocycles. The maximum atomic E-state index is 11.7. The zero-order chi connectivity index (χ0) is 12.2. The van der Waals surface area contributed by atoms with E-state index in [1.165, 1.54) is 4.31 Å². The van der Waals surface area contributed by atoms with Gasteiger partial charge in [-0.25, -0.2) is 9.52 Å². The lowest BCUT2D eigenvalue weighted by Crippen LogP contribution is -2.51. The Bertz CT molecular complexity index is 343. The van der Waals surface area contributed by atoms with Crippen molar-refractivity contribution in [3.63, 3.8) is 0 Å². The standard InChI is InChI=1S/C8H17N3O4S/c1-9-7-4-3-5-11(6-7)16(13,14)10-8(12)15-2/h7,9H,3-6H2,1-2H3,(H,10,12). The van der Waals surface area contributed by atoms with Crippen molar-refractivity contribution in [2.45, 2.75) is 18.9 Å². The molecule has 0 aromatic rings. The highest BCUT2D eigenvalue weighted by Gasteiger charge is 2.29. The minimum absolute atomic E-state index is 0.128. The predicted molar refractivity (Wildman–Crippen MR) is 58.1 cm³/mol. The van der Waals surface area contributed by atoms with Crippen molar-refractivity contribution in [3.8, 4) is 0 Å². The summed E-state index contributed by atoms with van der Waals surface area (Å²) < 4.78 is 30.7. The topological polar surface area (TPSA) is 87.7 Å². The molecule has 1 amide bonds. The van der Waals surface area contributed by atoms with Crippen molar-refractivity contribution in [2.24, 2.45) is 0 Å². The molecule has 0 saturated carbocycles. The second-order valence-corrected chi connectivity index (χ2v) is 5.26. The zero-order valence-corrected chi connectivity index (χ0v) is 10.2. The van der Waals surface area contributed by atoms with Gasteiger partial charge in [0.15, 0.2) is 0 Å². The quantitative estimate of drug-likeness (QED) is 0.690. The number of hydrogen-bond donors (Lipinski definition) is 2. The molecule has 2 N–H and O–H groups in total. The highest BCUT2D eigenvalue weighted by atomic mass is 32.2. The van der Waals surface area contributed by atoms with Gasteiger partial charge >= 0.3 is 16.3 Å². The van der Waals surface area contributed by atoms with E-state index < -0.39 is 16.3 Å². The van der Waals surface area contributed by atoms with Gasteiger partial charge in [0.2, 0.25) is 0 Å². The summed E-state index contributed by atoms with van der Waals surface area (Å²) >= 11 is 0. The SMILES string of the molecule is CNC1CCCN(S(=O)(=O)NC(=O)OC)C1. The third-order valence-electron chi connectivity index (χ3n) is 2.53. The Kier molecular flexibility index (Phi) is 4.51. The lowest BCUT2D eigenvalue weighted by molar-refractivity contribution is 0.176. The summed E-state index contributed by atoms with van der Waals surface area (Å²) in [7, 11) is -0.860. The molecule has 1 heterocycles. The van der Waals surface area contributed by atoms with Gasteiger partial charge in [0.05, 0.1) is 7.11 Å². The van der Waals surface area contributed by atoms with Crippen LogP contribution in [0.2, 0.25) is 0 Å². The van der Waals surface area contributed by atoms with Crippen LogP contribution in [0.15, 0.2) is 0 Å². The van der Waals surface area contributed by atoms with Crippen LogP contribution < -0.4 is 10.0 Å². The lowest BCUT2D eigenvalue weighted by Gasteiger charge is -2.31. The summed E-state index contributed by atoms with van der Waals surface area (Å²) in [4.78, 5) is 10.9.